The minimum absolute atomic E-state index is 0.260. The lowest BCUT2D eigenvalue weighted by Gasteiger charge is -2.15. The molecule has 1 atom stereocenters. The fourth-order valence-corrected chi connectivity index (χ4v) is 3.86. The van der Waals surface area contributed by atoms with Crippen molar-refractivity contribution < 1.29 is 25.2 Å². The van der Waals surface area contributed by atoms with E-state index in [0.29, 0.717) is 6.42 Å². The van der Waals surface area contributed by atoms with Crippen LogP contribution in [0.2, 0.25) is 0 Å². The molecule has 0 aliphatic rings. The average molecular weight is 415 g/mol. The standard InChI is InChI=1S/C18H38O6S2/c1-4-5-6-7-8-9-10-11-12-13-14-15-16-18(24-26(3,21)22)17-23-25(2,19)20/h18H,4-17H2,1-3H3/t18-/m0/s1. The maximum atomic E-state index is 11.3. The van der Waals surface area contributed by atoms with Crippen molar-refractivity contribution in [3.05, 3.63) is 0 Å². The zero-order valence-electron chi connectivity index (χ0n) is 16.7. The molecule has 158 valence electrons. The van der Waals surface area contributed by atoms with Gasteiger partial charge < -0.3 is 0 Å². The van der Waals surface area contributed by atoms with Gasteiger partial charge in [0.1, 0.15) is 6.10 Å². The molecule has 0 aromatic carbocycles. The SMILES string of the molecule is CCCCCCCCCCCCCC[C@@H](COS(C)(=O)=O)OS(C)(=O)=O. The van der Waals surface area contributed by atoms with Gasteiger partial charge in [-0.15, -0.1) is 0 Å². The Balaban J connectivity index is 3.75. The van der Waals surface area contributed by atoms with Crippen molar-refractivity contribution in [2.45, 2.75) is 96.5 Å². The lowest BCUT2D eigenvalue weighted by atomic mass is 10.0. The lowest BCUT2D eigenvalue weighted by molar-refractivity contribution is 0.129. The molecule has 26 heavy (non-hydrogen) atoms. The van der Waals surface area contributed by atoms with E-state index in [-0.39, 0.29) is 6.61 Å². The molecule has 0 rings (SSSR count). The van der Waals surface area contributed by atoms with Crippen molar-refractivity contribution >= 4 is 20.2 Å². The quantitative estimate of drug-likeness (QED) is 0.244. The largest absolute Gasteiger partial charge is 0.268 e. The Bertz CT molecular complexity index is 528. The van der Waals surface area contributed by atoms with Crippen molar-refractivity contribution in [2.75, 3.05) is 19.1 Å². The van der Waals surface area contributed by atoms with Crippen molar-refractivity contribution in [3.63, 3.8) is 0 Å². The van der Waals surface area contributed by atoms with Gasteiger partial charge in [0.2, 0.25) is 0 Å². The van der Waals surface area contributed by atoms with Gasteiger partial charge in [0.15, 0.2) is 0 Å². The number of rotatable bonds is 18. The van der Waals surface area contributed by atoms with Crippen LogP contribution in [0.5, 0.6) is 0 Å². The van der Waals surface area contributed by atoms with Crippen LogP contribution in [-0.4, -0.2) is 42.1 Å². The molecule has 0 aliphatic carbocycles. The molecule has 0 radical (unpaired) electrons. The highest BCUT2D eigenvalue weighted by atomic mass is 32.2. The highest BCUT2D eigenvalue weighted by molar-refractivity contribution is 7.86. The summed E-state index contributed by atoms with van der Waals surface area (Å²) in [5.41, 5.74) is 0. The van der Waals surface area contributed by atoms with Crippen LogP contribution in [0.1, 0.15) is 90.4 Å². The fraction of sp³-hybridized carbons (Fsp3) is 1.00. The number of hydrogen-bond acceptors (Lipinski definition) is 6. The lowest BCUT2D eigenvalue weighted by Crippen LogP contribution is -2.24. The first-order chi connectivity index (χ1) is 12.1. The second-order valence-electron chi connectivity index (χ2n) is 7.09. The second kappa shape index (κ2) is 14.8. The topological polar surface area (TPSA) is 86.7 Å². The van der Waals surface area contributed by atoms with Crippen molar-refractivity contribution in [3.8, 4) is 0 Å². The molecule has 0 saturated heterocycles. The monoisotopic (exact) mass is 414 g/mol. The van der Waals surface area contributed by atoms with Gasteiger partial charge in [0, 0.05) is 0 Å². The summed E-state index contributed by atoms with van der Waals surface area (Å²) in [7, 11) is -7.24. The first-order valence-corrected chi connectivity index (χ1v) is 13.5. The second-order valence-corrected chi connectivity index (χ2v) is 10.3. The Hall–Kier alpha value is -0.180. The summed E-state index contributed by atoms with van der Waals surface area (Å²) in [6.07, 6.45) is 16.2. The molecule has 0 aliphatic heterocycles. The van der Waals surface area contributed by atoms with Crippen LogP contribution in [0.25, 0.3) is 0 Å². The van der Waals surface area contributed by atoms with E-state index in [1.165, 1.54) is 57.8 Å². The Kier molecular flexibility index (Phi) is 14.7. The predicted octanol–water partition coefficient (Wildman–Crippen LogP) is 4.40. The molecule has 0 N–H and O–H groups in total. The van der Waals surface area contributed by atoms with Gasteiger partial charge in [-0.1, -0.05) is 84.0 Å². The Labute approximate surface area is 161 Å². The molecular weight excluding hydrogens is 376 g/mol. The maximum absolute atomic E-state index is 11.3. The molecule has 0 fully saturated rings. The highest BCUT2D eigenvalue weighted by Crippen LogP contribution is 2.15. The van der Waals surface area contributed by atoms with Crippen LogP contribution >= 0.6 is 0 Å². The van der Waals surface area contributed by atoms with E-state index >= 15 is 0 Å². The van der Waals surface area contributed by atoms with E-state index in [1.54, 1.807) is 0 Å². The van der Waals surface area contributed by atoms with Gasteiger partial charge in [-0.2, -0.15) is 16.8 Å². The van der Waals surface area contributed by atoms with E-state index in [1.807, 2.05) is 0 Å². The summed E-state index contributed by atoms with van der Waals surface area (Å²) in [6.45, 7) is 1.97. The zero-order chi connectivity index (χ0) is 19.9. The van der Waals surface area contributed by atoms with Crippen molar-refractivity contribution in [2.24, 2.45) is 0 Å². The summed E-state index contributed by atoms with van der Waals surface area (Å²) in [5, 5.41) is 0. The zero-order valence-corrected chi connectivity index (χ0v) is 18.4. The smallest absolute Gasteiger partial charge is 0.264 e. The predicted molar refractivity (Wildman–Crippen MR) is 106 cm³/mol. The third kappa shape index (κ3) is 20.1. The summed E-state index contributed by atoms with van der Waals surface area (Å²) in [6, 6.07) is 0. The van der Waals surface area contributed by atoms with Gasteiger partial charge in [0.05, 0.1) is 19.1 Å². The number of unbranched alkanes of at least 4 members (excludes halogenated alkanes) is 11. The molecule has 8 heteroatoms. The summed E-state index contributed by atoms with van der Waals surface area (Å²) in [5.74, 6) is 0. The van der Waals surface area contributed by atoms with Gasteiger partial charge in [-0.3, -0.25) is 8.37 Å². The van der Waals surface area contributed by atoms with Gasteiger partial charge in [0.25, 0.3) is 20.2 Å². The molecular formula is C18H38O6S2. The van der Waals surface area contributed by atoms with E-state index in [9.17, 15) is 16.8 Å². The third-order valence-corrected chi connectivity index (χ3v) is 5.34. The van der Waals surface area contributed by atoms with E-state index < -0.39 is 26.3 Å². The van der Waals surface area contributed by atoms with E-state index in [2.05, 4.69) is 11.1 Å². The van der Waals surface area contributed by atoms with Crippen LogP contribution < -0.4 is 0 Å². The first-order valence-electron chi connectivity index (χ1n) is 9.86. The van der Waals surface area contributed by atoms with E-state index in [4.69, 9.17) is 4.18 Å². The molecule has 0 bridgehead atoms. The summed E-state index contributed by atoms with van der Waals surface area (Å²) < 4.78 is 54.2. The Morgan fingerprint density at radius 3 is 1.46 bits per heavy atom. The fourth-order valence-electron chi connectivity index (χ4n) is 2.82. The molecule has 0 amide bonds. The highest BCUT2D eigenvalue weighted by Gasteiger charge is 2.18. The van der Waals surface area contributed by atoms with Gasteiger partial charge in [-0.05, 0) is 6.42 Å². The van der Waals surface area contributed by atoms with Crippen LogP contribution in [0.3, 0.4) is 0 Å². The van der Waals surface area contributed by atoms with Crippen molar-refractivity contribution in [1.82, 2.24) is 0 Å². The summed E-state index contributed by atoms with van der Waals surface area (Å²) >= 11 is 0. The van der Waals surface area contributed by atoms with Crippen molar-refractivity contribution in [1.29, 1.82) is 0 Å². The minimum atomic E-state index is -3.63. The molecule has 0 aromatic rings. The third-order valence-electron chi connectivity index (χ3n) is 4.16. The molecule has 0 unspecified atom stereocenters. The Morgan fingerprint density at radius 1 is 0.654 bits per heavy atom. The van der Waals surface area contributed by atoms with Crippen LogP contribution in [0.15, 0.2) is 0 Å². The first kappa shape index (κ1) is 25.8. The Morgan fingerprint density at radius 2 is 1.08 bits per heavy atom. The number of hydrogen-bond donors (Lipinski definition) is 0. The van der Waals surface area contributed by atoms with Crippen LogP contribution in [0.4, 0.5) is 0 Å². The molecule has 0 saturated carbocycles. The van der Waals surface area contributed by atoms with Crippen LogP contribution in [0, 0.1) is 0 Å². The molecule has 0 heterocycles. The summed E-state index contributed by atoms with van der Waals surface area (Å²) in [4.78, 5) is 0. The normalized spacial score (nSPS) is 13.8. The maximum Gasteiger partial charge on any atom is 0.264 e. The van der Waals surface area contributed by atoms with Gasteiger partial charge >= 0.3 is 0 Å². The van der Waals surface area contributed by atoms with Gasteiger partial charge in [-0.25, -0.2) is 0 Å². The van der Waals surface area contributed by atoms with E-state index in [0.717, 1.165) is 31.8 Å². The molecule has 0 spiro atoms. The molecule has 6 nitrogen and oxygen atoms in total. The minimum Gasteiger partial charge on any atom is -0.268 e. The average Bonchev–Trinajstić information content (AvgIpc) is 2.51. The van der Waals surface area contributed by atoms with Crippen LogP contribution in [-0.2, 0) is 28.6 Å². The molecule has 0 aromatic heterocycles.